The van der Waals surface area contributed by atoms with E-state index in [1.54, 1.807) is 0 Å². The molecule has 2 N–H and O–H groups in total. The minimum atomic E-state index is 0. The highest BCUT2D eigenvalue weighted by atomic mass is 127. The van der Waals surface area contributed by atoms with Crippen molar-refractivity contribution in [3.63, 3.8) is 0 Å². The number of hydrogen-bond donors (Lipinski definition) is 1. The van der Waals surface area contributed by atoms with Gasteiger partial charge in [-0.3, -0.25) is 4.99 Å². The summed E-state index contributed by atoms with van der Waals surface area (Å²) >= 11 is 2.02. The second-order valence-electron chi connectivity index (χ2n) is 5.73. The molecule has 1 heterocycles. The Balaban J connectivity index is 0.00000120. The van der Waals surface area contributed by atoms with Crippen LogP contribution >= 0.6 is 35.7 Å². The largest absolute Gasteiger partial charge is 0.370 e. The van der Waals surface area contributed by atoms with Crippen LogP contribution < -0.4 is 5.73 Å². The fourth-order valence-corrected chi connectivity index (χ4v) is 4.61. The van der Waals surface area contributed by atoms with Crippen molar-refractivity contribution in [1.29, 1.82) is 0 Å². The van der Waals surface area contributed by atoms with Crippen LogP contribution in [0.2, 0.25) is 0 Å². The van der Waals surface area contributed by atoms with Crippen molar-refractivity contribution in [2.75, 3.05) is 31.1 Å². The number of thioether (sulfide) groups is 1. The van der Waals surface area contributed by atoms with E-state index in [0.717, 1.165) is 43.3 Å². The summed E-state index contributed by atoms with van der Waals surface area (Å²) in [7, 11) is 0. The van der Waals surface area contributed by atoms with Gasteiger partial charge in [0.25, 0.3) is 0 Å². The van der Waals surface area contributed by atoms with Crippen LogP contribution in [0.5, 0.6) is 0 Å². The van der Waals surface area contributed by atoms with Crippen molar-refractivity contribution >= 4 is 41.7 Å². The Bertz CT molecular complexity index is 305. The van der Waals surface area contributed by atoms with Crippen molar-refractivity contribution in [2.24, 2.45) is 28.5 Å². The molecule has 18 heavy (non-hydrogen) atoms. The van der Waals surface area contributed by atoms with Gasteiger partial charge in [0.2, 0.25) is 0 Å². The van der Waals surface area contributed by atoms with Gasteiger partial charge >= 0.3 is 0 Å². The standard InChI is InChI=1S/C13H23N3S.HI/c14-13(16-3-5-17-6-4-16)15-9-12-8-10-1-2-11(12)7-10;/h10-12H,1-9H2,(H2,14,15);1H. The Morgan fingerprint density at radius 1 is 1.22 bits per heavy atom. The lowest BCUT2D eigenvalue weighted by Crippen LogP contribution is -2.43. The van der Waals surface area contributed by atoms with Gasteiger partial charge in [-0.25, -0.2) is 0 Å². The molecule has 0 spiro atoms. The second kappa shape index (κ2) is 6.68. The van der Waals surface area contributed by atoms with Crippen LogP contribution in [0.3, 0.4) is 0 Å². The van der Waals surface area contributed by atoms with E-state index in [1.165, 1.54) is 37.2 Å². The fourth-order valence-electron chi connectivity index (χ4n) is 3.70. The summed E-state index contributed by atoms with van der Waals surface area (Å²) in [6, 6.07) is 0. The van der Waals surface area contributed by atoms with Gasteiger partial charge in [0.05, 0.1) is 0 Å². The molecule has 3 atom stereocenters. The summed E-state index contributed by atoms with van der Waals surface area (Å²) in [5.41, 5.74) is 6.09. The van der Waals surface area contributed by atoms with E-state index in [1.807, 2.05) is 11.8 Å². The Labute approximate surface area is 131 Å². The third-order valence-electron chi connectivity index (χ3n) is 4.71. The first-order valence-electron chi connectivity index (χ1n) is 6.95. The van der Waals surface area contributed by atoms with Crippen LogP contribution in [0, 0.1) is 17.8 Å². The molecule has 104 valence electrons. The molecule has 1 aliphatic heterocycles. The average molecular weight is 381 g/mol. The zero-order valence-electron chi connectivity index (χ0n) is 10.9. The van der Waals surface area contributed by atoms with Gasteiger partial charge in [-0.1, -0.05) is 6.42 Å². The van der Waals surface area contributed by atoms with Crippen LogP contribution in [0.1, 0.15) is 25.7 Å². The van der Waals surface area contributed by atoms with Gasteiger partial charge in [-0.15, -0.1) is 24.0 Å². The lowest BCUT2D eigenvalue weighted by atomic mass is 9.89. The van der Waals surface area contributed by atoms with Crippen molar-refractivity contribution < 1.29 is 0 Å². The maximum absolute atomic E-state index is 6.09. The quantitative estimate of drug-likeness (QED) is 0.454. The molecular formula is C13H24IN3S. The number of hydrogen-bond acceptors (Lipinski definition) is 2. The van der Waals surface area contributed by atoms with Gasteiger partial charge in [0, 0.05) is 31.1 Å². The highest BCUT2D eigenvalue weighted by Gasteiger charge is 2.39. The van der Waals surface area contributed by atoms with E-state index in [4.69, 9.17) is 5.73 Å². The number of nitrogens with two attached hydrogens (primary N) is 1. The van der Waals surface area contributed by atoms with E-state index in [-0.39, 0.29) is 24.0 Å². The molecule has 3 aliphatic rings. The molecule has 5 heteroatoms. The topological polar surface area (TPSA) is 41.6 Å². The number of nitrogens with zero attached hydrogens (tertiary/aromatic N) is 2. The molecule has 0 aromatic rings. The predicted molar refractivity (Wildman–Crippen MR) is 89.7 cm³/mol. The zero-order chi connectivity index (χ0) is 11.7. The highest BCUT2D eigenvalue weighted by Crippen LogP contribution is 2.48. The molecule has 0 aromatic heterocycles. The molecule has 0 radical (unpaired) electrons. The first-order valence-corrected chi connectivity index (χ1v) is 8.11. The van der Waals surface area contributed by atoms with Crippen LogP contribution in [-0.2, 0) is 0 Å². The molecule has 0 amide bonds. The molecule has 3 rings (SSSR count). The SMILES string of the molecule is I.NC(=NCC1CC2CCC1C2)N1CCSCC1. The van der Waals surface area contributed by atoms with E-state index < -0.39 is 0 Å². The Kier molecular flexibility index (Phi) is 5.47. The third-order valence-corrected chi connectivity index (χ3v) is 5.65. The zero-order valence-corrected chi connectivity index (χ0v) is 14.0. The minimum Gasteiger partial charge on any atom is -0.370 e. The number of guanidine groups is 1. The Morgan fingerprint density at radius 2 is 2.00 bits per heavy atom. The third kappa shape index (κ3) is 3.26. The molecule has 2 saturated carbocycles. The molecule has 3 unspecified atom stereocenters. The molecule has 1 saturated heterocycles. The van der Waals surface area contributed by atoms with E-state index in [2.05, 4.69) is 9.89 Å². The summed E-state index contributed by atoms with van der Waals surface area (Å²) in [6.45, 7) is 3.14. The fraction of sp³-hybridized carbons (Fsp3) is 0.923. The summed E-state index contributed by atoms with van der Waals surface area (Å²) in [6.07, 6.45) is 5.81. The van der Waals surface area contributed by atoms with Crippen molar-refractivity contribution in [1.82, 2.24) is 4.90 Å². The Morgan fingerprint density at radius 3 is 2.61 bits per heavy atom. The predicted octanol–water partition coefficient (Wildman–Crippen LogP) is 2.40. The maximum atomic E-state index is 6.09. The lowest BCUT2D eigenvalue weighted by molar-refractivity contribution is 0.339. The molecular weight excluding hydrogens is 357 g/mol. The molecule has 2 aliphatic carbocycles. The number of halogens is 1. The maximum Gasteiger partial charge on any atom is 0.191 e. The normalized spacial score (nSPS) is 35.7. The number of aliphatic imine (C=N–C) groups is 1. The van der Waals surface area contributed by atoms with E-state index in [0.29, 0.717) is 0 Å². The molecule has 0 aromatic carbocycles. The van der Waals surface area contributed by atoms with Crippen molar-refractivity contribution in [3.8, 4) is 0 Å². The van der Waals surface area contributed by atoms with Crippen molar-refractivity contribution in [2.45, 2.75) is 25.7 Å². The van der Waals surface area contributed by atoms with Gasteiger partial charge in [-0.2, -0.15) is 11.8 Å². The van der Waals surface area contributed by atoms with E-state index in [9.17, 15) is 0 Å². The first kappa shape index (κ1) is 14.8. The summed E-state index contributed by atoms with van der Waals surface area (Å²) in [4.78, 5) is 6.91. The molecule has 2 bridgehead atoms. The van der Waals surface area contributed by atoms with E-state index >= 15 is 0 Å². The van der Waals surface area contributed by atoms with Crippen LogP contribution in [0.4, 0.5) is 0 Å². The summed E-state index contributed by atoms with van der Waals surface area (Å²) in [5, 5.41) is 0. The Hall–Kier alpha value is 0.350. The van der Waals surface area contributed by atoms with Crippen LogP contribution in [0.15, 0.2) is 4.99 Å². The van der Waals surface area contributed by atoms with Crippen LogP contribution in [-0.4, -0.2) is 42.0 Å². The van der Waals surface area contributed by atoms with Gasteiger partial charge in [0.15, 0.2) is 5.96 Å². The van der Waals surface area contributed by atoms with Crippen molar-refractivity contribution in [3.05, 3.63) is 0 Å². The smallest absolute Gasteiger partial charge is 0.191 e. The first-order chi connectivity index (χ1) is 8.33. The summed E-state index contributed by atoms with van der Waals surface area (Å²) in [5.74, 6) is 6.02. The highest BCUT2D eigenvalue weighted by molar-refractivity contribution is 14.0. The number of rotatable bonds is 2. The van der Waals surface area contributed by atoms with Gasteiger partial charge in [0.1, 0.15) is 0 Å². The van der Waals surface area contributed by atoms with Gasteiger partial charge < -0.3 is 10.6 Å². The molecule has 3 fully saturated rings. The monoisotopic (exact) mass is 381 g/mol. The van der Waals surface area contributed by atoms with Gasteiger partial charge in [-0.05, 0) is 37.0 Å². The summed E-state index contributed by atoms with van der Waals surface area (Å²) < 4.78 is 0. The molecule has 3 nitrogen and oxygen atoms in total. The average Bonchev–Trinajstić information content (AvgIpc) is 2.99. The second-order valence-corrected chi connectivity index (χ2v) is 6.96. The lowest BCUT2D eigenvalue weighted by Gasteiger charge is -2.28. The minimum absolute atomic E-state index is 0. The van der Waals surface area contributed by atoms with Crippen LogP contribution in [0.25, 0.3) is 0 Å². The number of fused-ring (bicyclic) bond motifs is 2.